The van der Waals surface area contributed by atoms with Crippen LogP contribution in [0.4, 0.5) is 5.69 Å². The molecule has 1 aliphatic rings. The zero-order chi connectivity index (χ0) is 11.7. The van der Waals surface area contributed by atoms with Crippen molar-refractivity contribution in [1.82, 2.24) is 4.98 Å². The first kappa shape index (κ1) is 10.0. The average molecular weight is 224 g/mol. The molecule has 0 amide bonds. The number of carbonyl (C=O) groups excluding carboxylic acids is 1. The highest BCUT2D eigenvalue weighted by molar-refractivity contribution is 5.72. The highest BCUT2D eigenvalue weighted by Crippen LogP contribution is 2.27. The standard InChI is InChI=1S/C14H12N2O/c17-10-13-5-6-14(7-15-13)16-8-11-3-1-2-4-12(11)9-16/h1-7,10H,8-9H2. The quantitative estimate of drug-likeness (QED) is 0.734. The Morgan fingerprint density at radius 3 is 2.29 bits per heavy atom. The van der Waals surface area contributed by atoms with Crippen LogP contribution in [0.25, 0.3) is 0 Å². The maximum Gasteiger partial charge on any atom is 0.168 e. The molecule has 0 radical (unpaired) electrons. The van der Waals surface area contributed by atoms with Gasteiger partial charge in [0.1, 0.15) is 5.69 Å². The van der Waals surface area contributed by atoms with Gasteiger partial charge < -0.3 is 4.90 Å². The highest BCUT2D eigenvalue weighted by atomic mass is 16.1. The molecule has 3 heteroatoms. The topological polar surface area (TPSA) is 33.2 Å². The average Bonchev–Trinajstić information content (AvgIpc) is 2.82. The van der Waals surface area contributed by atoms with Crippen LogP contribution in [0.2, 0.25) is 0 Å². The fourth-order valence-electron chi connectivity index (χ4n) is 2.17. The Bertz CT molecular complexity index is 523. The zero-order valence-corrected chi connectivity index (χ0v) is 9.34. The normalized spacial score (nSPS) is 13.5. The molecule has 0 atom stereocenters. The van der Waals surface area contributed by atoms with Crippen LogP contribution in [0.3, 0.4) is 0 Å². The summed E-state index contributed by atoms with van der Waals surface area (Å²) in [7, 11) is 0. The van der Waals surface area contributed by atoms with Crippen molar-refractivity contribution >= 4 is 12.0 Å². The van der Waals surface area contributed by atoms with Crippen LogP contribution < -0.4 is 4.90 Å². The summed E-state index contributed by atoms with van der Waals surface area (Å²) in [5, 5.41) is 0. The van der Waals surface area contributed by atoms with Gasteiger partial charge >= 0.3 is 0 Å². The van der Waals surface area contributed by atoms with Crippen molar-refractivity contribution in [2.24, 2.45) is 0 Å². The first-order valence-electron chi connectivity index (χ1n) is 5.60. The molecule has 0 fully saturated rings. The number of rotatable bonds is 2. The molecule has 1 aliphatic heterocycles. The first-order valence-corrected chi connectivity index (χ1v) is 5.60. The van der Waals surface area contributed by atoms with E-state index in [1.807, 2.05) is 6.07 Å². The summed E-state index contributed by atoms with van der Waals surface area (Å²) in [4.78, 5) is 16.9. The molecule has 1 aromatic carbocycles. The highest BCUT2D eigenvalue weighted by Gasteiger charge is 2.18. The van der Waals surface area contributed by atoms with E-state index in [0.717, 1.165) is 25.1 Å². The van der Waals surface area contributed by atoms with Gasteiger partial charge in [-0.3, -0.25) is 9.78 Å². The molecule has 0 aliphatic carbocycles. The minimum Gasteiger partial charge on any atom is -0.362 e. The number of carbonyl (C=O) groups is 1. The molecule has 3 nitrogen and oxygen atoms in total. The minimum atomic E-state index is 0.477. The lowest BCUT2D eigenvalue weighted by Crippen LogP contribution is -2.14. The van der Waals surface area contributed by atoms with Gasteiger partial charge in [0.25, 0.3) is 0 Å². The molecule has 3 rings (SSSR count). The Kier molecular flexibility index (Phi) is 2.37. The largest absolute Gasteiger partial charge is 0.362 e. The van der Waals surface area contributed by atoms with Crippen molar-refractivity contribution in [2.75, 3.05) is 4.90 Å². The Labute approximate surface area is 99.7 Å². The van der Waals surface area contributed by atoms with Gasteiger partial charge in [-0.25, -0.2) is 0 Å². The summed E-state index contributed by atoms with van der Waals surface area (Å²) in [6.07, 6.45) is 2.53. The molecule has 0 saturated heterocycles. The van der Waals surface area contributed by atoms with Crippen molar-refractivity contribution < 1.29 is 4.79 Å². The predicted molar refractivity (Wildman–Crippen MR) is 66.0 cm³/mol. The van der Waals surface area contributed by atoms with Crippen LogP contribution in [0.1, 0.15) is 21.6 Å². The molecule has 1 aromatic heterocycles. The minimum absolute atomic E-state index is 0.477. The summed E-state index contributed by atoms with van der Waals surface area (Å²) in [6, 6.07) is 12.1. The third-order valence-electron chi connectivity index (χ3n) is 3.10. The van der Waals surface area contributed by atoms with E-state index in [1.54, 1.807) is 12.3 Å². The smallest absolute Gasteiger partial charge is 0.168 e. The van der Waals surface area contributed by atoms with E-state index >= 15 is 0 Å². The Morgan fingerprint density at radius 1 is 1.06 bits per heavy atom. The number of fused-ring (bicyclic) bond motifs is 1. The number of hydrogen-bond donors (Lipinski definition) is 0. The monoisotopic (exact) mass is 224 g/mol. The number of nitrogens with zero attached hydrogens (tertiary/aromatic N) is 2. The van der Waals surface area contributed by atoms with E-state index in [-0.39, 0.29) is 0 Å². The van der Waals surface area contributed by atoms with Crippen LogP contribution in [0.15, 0.2) is 42.6 Å². The number of aldehydes is 1. The van der Waals surface area contributed by atoms with Crippen molar-refractivity contribution in [3.8, 4) is 0 Å². The number of aromatic nitrogens is 1. The fraction of sp³-hybridized carbons (Fsp3) is 0.143. The van der Waals surface area contributed by atoms with E-state index in [1.165, 1.54) is 11.1 Å². The lowest BCUT2D eigenvalue weighted by Gasteiger charge is -2.16. The van der Waals surface area contributed by atoms with E-state index in [0.29, 0.717) is 5.69 Å². The lowest BCUT2D eigenvalue weighted by atomic mass is 10.1. The van der Waals surface area contributed by atoms with E-state index in [9.17, 15) is 4.79 Å². The first-order chi connectivity index (χ1) is 8.36. The number of hydrogen-bond acceptors (Lipinski definition) is 3. The summed E-state index contributed by atoms with van der Waals surface area (Å²) < 4.78 is 0. The Balaban J connectivity index is 1.86. The van der Waals surface area contributed by atoms with Crippen LogP contribution >= 0.6 is 0 Å². The molecular formula is C14H12N2O. The Morgan fingerprint density at radius 2 is 1.76 bits per heavy atom. The van der Waals surface area contributed by atoms with Crippen LogP contribution in [0.5, 0.6) is 0 Å². The van der Waals surface area contributed by atoms with Gasteiger partial charge in [-0.05, 0) is 23.3 Å². The molecule has 0 saturated carbocycles. The second kappa shape index (κ2) is 4.01. The van der Waals surface area contributed by atoms with Crippen LogP contribution in [-0.2, 0) is 13.1 Å². The summed E-state index contributed by atoms with van der Waals surface area (Å²) >= 11 is 0. The number of pyridine rings is 1. The van der Waals surface area contributed by atoms with E-state index < -0.39 is 0 Å². The van der Waals surface area contributed by atoms with Gasteiger partial charge in [0, 0.05) is 13.1 Å². The van der Waals surface area contributed by atoms with Crippen LogP contribution in [-0.4, -0.2) is 11.3 Å². The van der Waals surface area contributed by atoms with Crippen molar-refractivity contribution in [2.45, 2.75) is 13.1 Å². The number of benzene rings is 1. The zero-order valence-electron chi connectivity index (χ0n) is 9.34. The van der Waals surface area contributed by atoms with Gasteiger partial charge in [0.2, 0.25) is 0 Å². The van der Waals surface area contributed by atoms with E-state index in [4.69, 9.17) is 0 Å². The van der Waals surface area contributed by atoms with Gasteiger partial charge in [0.05, 0.1) is 11.9 Å². The molecule has 0 spiro atoms. The second-order valence-electron chi connectivity index (χ2n) is 4.18. The molecule has 84 valence electrons. The third kappa shape index (κ3) is 1.80. The predicted octanol–water partition coefficient (Wildman–Crippen LogP) is 2.41. The SMILES string of the molecule is O=Cc1ccc(N2Cc3ccccc3C2)cn1. The Hall–Kier alpha value is -2.16. The van der Waals surface area contributed by atoms with E-state index in [2.05, 4.69) is 34.1 Å². The summed E-state index contributed by atoms with van der Waals surface area (Å²) in [6.45, 7) is 1.83. The van der Waals surface area contributed by atoms with Gasteiger partial charge in [0.15, 0.2) is 6.29 Å². The molecule has 0 bridgehead atoms. The maximum atomic E-state index is 10.5. The molecular weight excluding hydrogens is 212 g/mol. The van der Waals surface area contributed by atoms with Gasteiger partial charge in [-0.2, -0.15) is 0 Å². The summed E-state index contributed by atoms with van der Waals surface area (Å²) in [5.41, 5.74) is 4.27. The maximum absolute atomic E-state index is 10.5. The van der Waals surface area contributed by atoms with Crippen molar-refractivity contribution in [3.05, 3.63) is 59.4 Å². The molecule has 2 heterocycles. The fourth-order valence-corrected chi connectivity index (χ4v) is 2.17. The lowest BCUT2D eigenvalue weighted by molar-refractivity contribution is 0.111. The van der Waals surface area contributed by atoms with Crippen molar-refractivity contribution in [3.63, 3.8) is 0 Å². The van der Waals surface area contributed by atoms with Gasteiger partial charge in [-0.1, -0.05) is 24.3 Å². The molecule has 2 aromatic rings. The third-order valence-corrected chi connectivity index (χ3v) is 3.10. The van der Waals surface area contributed by atoms with Crippen LogP contribution in [0, 0.1) is 0 Å². The molecule has 0 N–H and O–H groups in total. The molecule has 0 unspecified atom stereocenters. The van der Waals surface area contributed by atoms with Gasteiger partial charge in [-0.15, -0.1) is 0 Å². The number of anilines is 1. The van der Waals surface area contributed by atoms with Crippen molar-refractivity contribution in [1.29, 1.82) is 0 Å². The second-order valence-corrected chi connectivity index (χ2v) is 4.18. The molecule has 17 heavy (non-hydrogen) atoms. The summed E-state index contributed by atoms with van der Waals surface area (Å²) in [5.74, 6) is 0.